The van der Waals surface area contributed by atoms with Crippen LogP contribution in [0.4, 0.5) is 4.79 Å². The van der Waals surface area contributed by atoms with Gasteiger partial charge in [0.1, 0.15) is 23.2 Å². The van der Waals surface area contributed by atoms with E-state index in [1.54, 1.807) is 25.7 Å². The highest BCUT2D eigenvalue weighted by molar-refractivity contribution is 5.96. The number of carboxylic acid groups (broad SMARTS) is 1. The van der Waals surface area contributed by atoms with Crippen LogP contribution in [0.2, 0.25) is 0 Å². The number of carboxylic acids is 1. The van der Waals surface area contributed by atoms with E-state index in [2.05, 4.69) is 41.9 Å². The Morgan fingerprint density at radius 2 is 1.91 bits per heavy atom. The van der Waals surface area contributed by atoms with Crippen LogP contribution in [0.5, 0.6) is 0 Å². The van der Waals surface area contributed by atoms with Crippen molar-refractivity contribution in [2.45, 2.75) is 134 Å². The lowest BCUT2D eigenvalue weighted by Crippen LogP contribution is -2.56. The van der Waals surface area contributed by atoms with Crippen LogP contribution in [0.3, 0.4) is 0 Å². The molecule has 0 spiro atoms. The van der Waals surface area contributed by atoms with Crippen LogP contribution in [0.15, 0.2) is 24.8 Å². The Bertz CT molecular complexity index is 1220. The third kappa shape index (κ3) is 7.28. The first-order valence-corrected chi connectivity index (χ1v) is 17.2. The SMILES string of the molecule is C=CCC1CC2NN([C@H]3C[C@H]4C(=O)N[C@@]5(C(=O)O)C[C@H]5/C=C\CCCCC[C@@H](NC(=O)OC(C)(C)C)C(=O)N4C3)NC2C(C)C1C. The van der Waals surface area contributed by atoms with Gasteiger partial charge in [-0.05, 0) is 83.5 Å². The predicted molar refractivity (Wildman–Crippen MR) is 173 cm³/mol. The van der Waals surface area contributed by atoms with Crippen molar-refractivity contribution >= 4 is 23.9 Å². The molecule has 2 saturated carbocycles. The largest absolute Gasteiger partial charge is 0.479 e. The Labute approximate surface area is 273 Å². The monoisotopic (exact) mass is 642 g/mol. The molecule has 5 rings (SSSR count). The zero-order valence-corrected chi connectivity index (χ0v) is 28.1. The summed E-state index contributed by atoms with van der Waals surface area (Å²) in [7, 11) is 0. The number of alkyl carbamates (subject to hydrolysis) is 1. The smallest absolute Gasteiger partial charge is 0.408 e. The molecule has 2 aliphatic carbocycles. The van der Waals surface area contributed by atoms with Crippen LogP contribution >= 0.6 is 0 Å². The highest BCUT2D eigenvalue weighted by Crippen LogP contribution is 2.46. The second kappa shape index (κ2) is 13.6. The summed E-state index contributed by atoms with van der Waals surface area (Å²) < 4.78 is 5.50. The fraction of sp³-hybridized carbons (Fsp3) is 0.765. The molecule has 4 fully saturated rings. The first-order valence-electron chi connectivity index (χ1n) is 17.2. The Morgan fingerprint density at radius 3 is 2.61 bits per heavy atom. The molecule has 3 heterocycles. The average molecular weight is 643 g/mol. The summed E-state index contributed by atoms with van der Waals surface area (Å²) in [5.41, 5.74) is 5.20. The summed E-state index contributed by atoms with van der Waals surface area (Å²) in [4.78, 5) is 55.1. The molecular formula is C34H54N6O6. The molecule has 0 aromatic carbocycles. The number of fused-ring (bicyclic) bond motifs is 3. The van der Waals surface area contributed by atoms with Crippen LogP contribution < -0.4 is 21.5 Å². The van der Waals surface area contributed by atoms with Crippen molar-refractivity contribution in [3.63, 3.8) is 0 Å². The molecule has 46 heavy (non-hydrogen) atoms. The molecule has 3 amide bonds. The van der Waals surface area contributed by atoms with Gasteiger partial charge < -0.3 is 25.4 Å². The minimum atomic E-state index is -1.38. The number of amides is 3. The van der Waals surface area contributed by atoms with Gasteiger partial charge in [0.2, 0.25) is 11.8 Å². The normalized spacial score (nSPS) is 39.5. The van der Waals surface area contributed by atoms with E-state index in [0.29, 0.717) is 43.4 Å². The summed E-state index contributed by atoms with van der Waals surface area (Å²) in [5, 5.41) is 17.8. The van der Waals surface area contributed by atoms with Gasteiger partial charge in [-0.15, -0.1) is 6.58 Å². The van der Waals surface area contributed by atoms with Gasteiger partial charge >= 0.3 is 12.1 Å². The maximum absolute atomic E-state index is 14.3. The van der Waals surface area contributed by atoms with Crippen molar-refractivity contribution < 1.29 is 29.0 Å². The van der Waals surface area contributed by atoms with Gasteiger partial charge in [0.25, 0.3) is 0 Å². The number of allylic oxidation sites excluding steroid dienone is 2. The number of nitrogens with zero attached hydrogens (tertiary/aromatic N) is 2. The number of hydrogen-bond acceptors (Lipinski definition) is 8. The fourth-order valence-electron chi connectivity index (χ4n) is 7.98. The maximum Gasteiger partial charge on any atom is 0.408 e. The van der Waals surface area contributed by atoms with E-state index in [-0.39, 0.29) is 36.5 Å². The van der Waals surface area contributed by atoms with Gasteiger partial charge in [0, 0.05) is 24.5 Å². The van der Waals surface area contributed by atoms with Gasteiger partial charge in [-0.3, -0.25) is 9.59 Å². The topological polar surface area (TPSA) is 152 Å². The van der Waals surface area contributed by atoms with Crippen molar-refractivity contribution in [1.82, 2.24) is 31.5 Å². The Balaban J connectivity index is 1.40. The van der Waals surface area contributed by atoms with Gasteiger partial charge in [0.05, 0.1) is 6.04 Å². The lowest BCUT2D eigenvalue weighted by Gasteiger charge is -2.40. The second-order valence-corrected chi connectivity index (χ2v) is 15.2. The van der Waals surface area contributed by atoms with Gasteiger partial charge in [-0.25, -0.2) is 20.4 Å². The molecular weight excluding hydrogens is 588 g/mol. The van der Waals surface area contributed by atoms with Crippen LogP contribution in [0.1, 0.15) is 92.4 Å². The van der Waals surface area contributed by atoms with Gasteiger partial charge in [-0.1, -0.05) is 44.9 Å². The van der Waals surface area contributed by atoms with Crippen molar-refractivity contribution in [3.8, 4) is 0 Å². The summed E-state index contributed by atoms with van der Waals surface area (Å²) in [6.45, 7) is 14.1. The van der Waals surface area contributed by atoms with Crippen LogP contribution in [-0.4, -0.2) is 86.9 Å². The number of nitrogens with one attached hydrogen (secondary N) is 4. The third-order valence-corrected chi connectivity index (χ3v) is 10.9. The van der Waals surface area contributed by atoms with E-state index >= 15 is 0 Å². The Hall–Kier alpha value is -2.96. The van der Waals surface area contributed by atoms with E-state index in [9.17, 15) is 24.3 Å². The molecule has 5 unspecified atom stereocenters. The summed E-state index contributed by atoms with van der Waals surface area (Å²) >= 11 is 0. The standard InChI is InChI=1S/C34H54N6O6/c1-7-13-22-16-26-28(21(3)20(22)2)38-40(37-26)24-17-27-29(41)36-34(31(43)44)18-23(34)14-11-9-8-10-12-15-25(30(42)39(27)19-24)35-32(45)46-33(4,5)6/h7,11,14,20-28,37-38H,1,8-10,12-13,15-19H2,2-6H3,(H,35,45)(H,36,41)(H,43,44)/b14-11-/t20?,21?,22?,23-,24+,25-,26?,27+,28?,34+/m1/s1. The number of ether oxygens (including phenoxy) is 1. The molecule has 12 nitrogen and oxygen atoms in total. The molecule has 5 aliphatic rings. The molecule has 0 aromatic rings. The number of carbonyl (C=O) groups is 4. The highest BCUT2D eigenvalue weighted by atomic mass is 16.6. The van der Waals surface area contributed by atoms with E-state index in [4.69, 9.17) is 4.74 Å². The number of hydrogen-bond donors (Lipinski definition) is 5. The number of carbonyl (C=O) groups excluding carboxylic acids is 3. The van der Waals surface area contributed by atoms with E-state index in [0.717, 1.165) is 32.1 Å². The first kappa shape index (κ1) is 34.4. The van der Waals surface area contributed by atoms with Crippen molar-refractivity contribution in [2.24, 2.45) is 23.7 Å². The molecule has 5 N–H and O–H groups in total. The molecule has 10 atom stereocenters. The fourth-order valence-corrected chi connectivity index (χ4v) is 7.98. The van der Waals surface area contributed by atoms with Crippen molar-refractivity contribution in [2.75, 3.05) is 6.54 Å². The zero-order valence-electron chi connectivity index (χ0n) is 28.1. The molecule has 12 heteroatoms. The highest BCUT2D eigenvalue weighted by Gasteiger charge is 2.61. The van der Waals surface area contributed by atoms with Crippen LogP contribution in [-0.2, 0) is 19.1 Å². The maximum atomic E-state index is 14.3. The van der Waals surface area contributed by atoms with Crippen molar-refractivity contribution in [3.05, 3.63) is 24.8 Å². The predicted octanol–water partition coefficient (Wildman–Crippen LogP) is 3.26. The second-order valence-electron chi connectivity index (χ2n) is 15.2. The molecule has 0 radical (unpaired) electrons. The Morgan fingerprint density at radius 1 is 1.15 bits per heavy atom. The molecule has 2 saturated heterocycles. The minimum Gasteiger partial charge on any atom is -0.479 e. The lowest BCUT2D eigenvalue weighted by atomic mass is 9.68. The molecule has 0 bridgehead atoms. The zero-order chi connectivity index (χ0) is 33.4. The van der Waals surface area contributed by atoms with E-state index < -0.39 is 41.2 Å². The first-order chi connectivity index (χ1) is 21.7. The molecule has 0 aromatic heterocycles. The lowest BCUT2D eigenvalue weighted by molar-refractivity contribution is -0.145. The van der Waals surface area contributed by atoms with Crippen LogP contribution in [0, 0.1) is 23.7 Å². The number of rotatable bonds is 5. The molecule has 3 aliphatic heterocycles. The quantitative estimate of drug-likeness (QED) is 0.285. The number of hydrazine groups is 2. The average Bonchev–Trinajstić information content (AvgIpc) is 3.28. The molecule has 256 valence electrons. The number of aliphatic carboxylic acids is 1. The van der Waals surface area contributed by atoms with E-state index in [1.165, 1.54) is 0 Å². The van der Waals surface area contributed by atoms with Crippen molar-refractivity contribution in [1.29, 1.82) is 0 Å². The minimum absolute atomic E-state index is 0.203. The van der Waals surface area contributed by atoms with E-state index in [1.807, 2.05) is 23.3 Å². The summed E-state index contributed by atoms with van der Waals surface area (Å²) in [6, 6.07) is -1.62. The van der Waals surface area contributed by atoms with Crippen LogP contribution in [0.25, 0.3) is 0 Å². The third-order valence-electron chi connectivity index (χ3n) is 10.9. The van der Waals surface area contributed by atoms with Gasteiger partial charge in [-0.2, -0.15) is 5.12 Å². The van der Waals surface area contributed by atoms with Gasteiger partial charge in [0.15, 0.2) is 0 Å². The summed E-state index contributed by atoms with van der Waals surface area (Å²) in [5.74, 6) is -0.779. The Kier molecular flexibility index (Phi) is 10.2. The summed E-state index contributed by atoms with van der Waals surface area (Å²) in [6.07, 6.45) is 11.4.